The predicted octanol–water partition coefficient (Wildman–Crippen LogP) is 3.34. The van der Waals surface area contributed by atoms with Crippen LogP contribution in [-0.2, 0) is 11.8 Å². The van der Waals surface area contributed by atoms with E-state index in [9.17, 15) is 0 Å². The van der Waals surface area contributed by atoms with E-state index in [0.717, 1.165) is 13.0 Å². The molecule has 0 aliphatic carbocycles. The van der Waals surface area contributed by atoms with Gasteiger partial charge in [0.25, 0.3) is 0 Å². The molecule has 1 unspecified atom stereocenters. The van der Waals surface area contributed by atoms with Gasteiger partial charge in [-0.15, -0.1) is 0 Å². The van der Waals surface area contributed by atoms with E-state index in [0.29, 0.717) is 0 Å². The molecule has 1 aromatic rings. The summed E-state index contributed by atoms with van der Waals surface area (Å²) in [6.07, 6.45) is 5.06. The average molecular weight is 274 g/mol. The summed E-state index contributed by atoms with van der Waals surface area (Å²) in [5.74, 6) is 0. The van der Waals surface area contributed by atoms with Crippen LogP contribution in [0.1, 0.15) is 51.2 Å². The largest absolute Gasteiger partial charge is 0.326 e. The van der Waals surface area contributed by atoms with Crippen LogP contribution in [0.4, 0.5) is 0 Å². The van der Waals surface area contributed by atoms with Gasteiger partial charge in [0.1, 0.15) is 0 Å². The molecule has 0 radical (unpaired) electrons. The van der Waals surface area contributed by atoms with Crippen LogP contribution in [0.25, 0.3) is 0 Å². The molecule has 1 aliphatic rings. The Morgan fingerprint density at radius 1 is 1.05 bits per heavy atom. The van der Waals surface area contributed by atoms with E-state index in [2.05, 4.69) is 49.9 Å². The number of hydrogen-bond donors (Lipinski definition) is 1. The zero-order chi connectivity index (χ0) is 14.6. The highest BCUT2D eigenvalue weighted by Gasteiger charge is 2.15. The molecule has 0 saturated carbocycles. The van der Waals surface area contributed by atoms with E-state index in [-0.39, 0.29) is 11.5 Å². The van der Waals surface area contributed by atoms with Crippen LogP contribution < -0.4 is 5.73 Å². The van der Waals surface area contributed by atoms with Crippen molar-refractivity contribution in [2.75, 3.05) is 19.6 Å². The Hall–Kier alpha value is -0.860. The van der Waals surface area contributed by atoms with Crippen LogP contribution in [-0.4, -0.2) is 30.6 Å². The minimum absolute atomic E-state index is 0.231. The first-order chi connectivity index (χ1) is 9.45. The van der Waals surface area contributed by atoms with Gasteiger partial charge in [-0.25, -0.2) is 0 Å². The molecule has 1 fully saturated rings. The highest BCUT2D eigenvalue weighted by Crippen LogP contribution is 2.22. The lowest BCUT2D eigenvalue weighted by Gasteiger charge is -2.29. The SMILES string of the molecule is CC(C)(C)c1ccc(CC(N)CN2CCCCC2)cc1. The molecule has 2 nitrogen and oxygen atoms in total. The van der Waals surface area contributed by atoms with Crippen molar-refractivity contribution in [2.45, 2.75) is 57.9 Å². The van der Waals surface area contributed by atoms with Gasteiger partial charge in [-0.2, -0.15) is 0 Å². The van der Waals surface area contributed by atoms with Crippen LogP contribution in [0.2, 0.25) is 0 Å². The van der Waals surface area contributed by atoms with Crippen molar-refractivity contribution in [1.29, 1.82) is 0 Å². The fourth-order valence-corrected chi connectivity index (χ4v) is 2.98. The van der Waals surface area contributed by atoms with Gasteiger partial charge in [-0.05, 0) is 48.9 Å². The lowest BCUT2D eigenvalue weighted by molar-refractivity contribution is 0.215. The molecule has 0 spiro atoms. The minimum Gasteiger partial charge on any atom is -0.326 e. The summed E-state index contributed by atoms with van der Waals surface area (Å²) in [6, 6.07) is 9.26. The van der Waals surface area contributed by atoms with Gasteiger partial charge < -0.3 is 10.6 Å². The van der Waals surface area contributed by atoms with Crippen molar-refractivity contribution >= 4 is 0 Å². The van der Waals surface area contributed by atoms with E-state index in [1.54, 1.807) is 0 Å². The summed E-state index contributed by atoms with van der Waals surface area (Å²) in [5.41, 5.74) is 9.31. The van der Waals surface area contributed by atoms with E-state index in [1.807, 2.05) is 0 Å². The monoisotopic (exact) mass is 274 g/mol. The number of benzene rings is 1. The third kappa shape index (κ3) is 4.60. The summed E-state index contributed by atoms with van der Waals surface area (Å²) in [4.78, 5) is 2.53. The van der Waals surface area contributed by atoms with Gasteiger partial charge in [-0.1, -0.05) is 51.5 Å². The Morgan fingerprint density at radius 3 is 2.20 bits per heavy atom. The van der Waals surface area contributed by atoms with Crippen molar-refractivity contribution in [3.8, 4) is 0 Å². The van der Waals surface area contributed by atoms with Gasteiger partial charge in [0.2, 0.25) is 0 Å². The minimum atomic E-state index is 0.231. The Bertz CT molecular complexity index is 396. The maximum absolute atomic E-state index is 6.32. The highest BCUT2D eigenvalue weighted by atomic mass is 15.1. The third-order valence-electron chi connectivity index (χ3n) is 4.26. The lowest BCUT2D eigenvalue weighted by Crippen LogP contribution is -2.41. The molecule has 2 heteroatoms. The van der Waals surface area contributed by atoms with E-state index >= 15 is 0 Å². The van der Waals surface area contributed by atoms with E-state index < -0.39 is 0 Å². The first-order valence-corrected chi connectivity index (χ1v) is 8.02. The predicted molar refractivity (Wildman–Crippen MR) is 87.1 cm³/mol. The summed E-state index contributed by atoms with van der Waals surface area (Å²) in [5, 5.41) is 0. The van der Waals surface area contributed by atoms with Gasteiger partial charge in [0.15, 0.2) is 0 Å². The molecule has 1 aromatic carbocycles. The van der Waals surface area contributed by atoms with Crippen LogP contribution >= 0.6 is 0 Å². The summed E-state index contributed by atoms with van der Waals surface area (Å²) in [6.45, 7) is 10.3. The van der Waals surface area contributed by atoms with Gasteiger partial charge >= 0.3 is 0 Å². The van der Waals surface area contributed by atoms with Gasteiger partial charge in [-0.3, -0.25) is 0 Å². The molecule has 20 heavy (non-hydrogen) atoms. The van der Waals surface area contributed by atoms with Crippen molar-refractivity contribution in [3.63, 3.8) is 0 Å². The summed E-state index contributed by atoms with van der Waals surface area (Å²) in [7, 11) is 0. The van der Waals surface area contributed by atoms with Crippen LogP contribution in [0.15, 0.2) is 24.3 Å². The van der Waals surface area contributed by atoms with Crippen LogP contribution in [0, 0.1) is 0 Å². The molecule has 1 heterocycles. The average Bonchev–Trinajstić information content (AvgIpc) is 2.39. The number of likely N-dealkylation sites (tertiary alicyclic amines) is 1. The van der Waals surface area contributed by atoms with Gasteiger partial charge in [0, 0.05) is 12.6 Å². The molecule has 0 amide bonds. The number of piperidine rings is 1. The van der Waals surface area contributed by atoms with Crippen LogP contribution in [0.5, 0.6) is 0 Å². The lowest BCUT2D eigenvalue weighted by atomic mass is 9.86. The number of nitrogens with zero attached hydrogens (tertiary/aromatic N) is 1. The number of nitrogens with two attached hydrogens (primary N) is 1. The first-order valence-electron chi connectivity index (χ1n) is 8.02. The van der Waals surface area contributed by atoms with E-state index in [4.69, 9.17) is 5.73 Å². The smallest absolute Gasteiger partial charge is 0.0208 e. The van der Waals surface area contributed by atoms with Crippen molar-refractivity contribution in [3.05, 3.63) is 35.4 Å². The quantitative estimate of drug-likeness (QED) is 0.912. The normalized spacial score (nSPS) is 19.0. The second-order valence-electron chi connectivity index (χ2n) is 7.27. The zero-order valence-corrected chi connectivity index (χ0v) is 13.4. The Kier molecular flexibility index (Phi) is 5.22. The fourth-order valence-electron chi connectivity index (χ4n) is 2.98. The second kappa shape index (κ2) is 6.73. The van der Waals surface area contributed by atoms with Crippen molar-refractivity contribution < 1.29 is 0 Å². The fraction of sp³-hybridized carbons (Fsp3) is 0.667. The van der Waals surface area contributed by atoms with Gasteiger partial charge in [0.05, 0.1) is 0 Å². The molecular formula is C18H30N2. The van der Waals surface area contributed by atoms with Crippen LogP contribution in [0.3, 0.4) is 0 Å². The Balaban J connectivity index is 1.86. The summed E-state index contributed by atoms with van der Waals surface area (Å²) >= 11 is 0. The molecule has 0 bridgehead atoms. The maximum Gasteiger partial charge on any atom is 0.0208 e. The van der Waals surface area contributed by atoms with Crippen molar-refractivity contribution in [2.24, 2.45) is 5.73 Å². The maximum atomic E-state index is 6.32. The Morgan fingerprint density at radius 2 is 1.65 bits per heavy atom. The molecule has 0 aromatic heterocycles. The molecular weight excluding hydrogens is 244 g/mol. The van der Waals surface area contributed by atoms with E-state index in [1.165, 1.54) is 43.5 Å². The van der Waals surface area contributed by atoms with Crippen molar-refractivity contribution in [1.82, 2.24) is 4.90 Å². The second-order valence-corrected chi connectivity index (χ2v) is 7.27. The molecule has 2 N–H and O–H groups in total. The number of rotatable bonds is 4. The highest BCUT2D eigenvalue weighted by molar-refractivity contribution is 5.28. The third-order valence-corrected chi connectivity index (χ3v) is 4.26. The zero-order valence-electron chi connectivity index (χ0n) is 13.4. The molecule has 1 aliphatic heterocycles. The Labute approximate surface area is 124 Å². The number of hydrogen-bond acceptors (Lipinski definition) is 2. The topological polar surface area (TPSA) is 29.3 Å². The first kappa shape index (κ1) is 15.5. The molecule has 112 valence electrons. The standard InChI is InChI=1S/C18H30N2/c1-18(2,3)16-9-7-15(8-10-16)13-17(19)14-20-11-5-4-6-12-20/h7-10,17H,4-6,11-14,19H2,1-3H3. The molecule has 1 saturated heterocycles. The molecule has 1 atom stereocenters. The molecule has 2 rings (SSSR count). The summed E-state index contributed by atoms with van der Waals surface area (Å²) < 4.78 is 0.